The zero-order valence-electron chi connectivity index (χ0n) is 22.8. The normalized spacial score (nSPS) is 17.1. The van der Waals surface area contributed by atoms with Gasteiger partial charge in [-0.15, -0.1) is 0 Å². The lowest BCUT2D eigenvalue weighted by molar-refractivity contribution is -0.861. The number of nitrogens with zero attached hydrogens (tertiary/aromatic N) is 1. The maximum Gasteiger partial charge on any atom is 0.460 e. The maximum atomic E-state index is 14.0. The molecule has 0 heterocycles. The Bertz CT molecular complexity index is 1170. The number of halogens is 25. The molecule has 0 spiro atoms. The maximum absolute atomic E-state index is 14.0. The van der Waals surface area contributed by atoms with E-state index in [1.165, 1.54) is 21.1 Å². The van der Waals surface area contributed by atoms with Gasteiger partial charge in [0.25, 0.3) is 0 Å². The first-order valence-corrected chi connectivity index (χ1v) is 12.8. The van der Waals surface area contributed by atoms with Crippen LogP contribution in [-0.2, 0) is 4.79 Å². The standard InChI is InChI=1S/C19H16F25NO2P/c1-45(2,3)6-7(46)48(47)5-4-8(20,21)9(22,23)10(24,25)11(26,27)12(28,29)13(30,31)14(32,33)15(34,35)16(36,37)17(38,39)18(40,41)19(42,43)44/h47H,4-6H2,1-3H3/q+1. The molecule has 0 aromatic rings. The van der Waals surface area contributed by atoms with Crippen molar-refractivity contribution in [2.45, 2.75) is 77.7 Å². The number of quaternary nitrogens is 1. The number of carbonyl (C=O) groups excluding carboxylic acids is 1. The second-order valence-corrected chi connectivity index (χ2v) is 12.4. The molecule has 1 N–H and O–H groups in total. The Morgan fingerprint density at radius 2 is 0.688 bits per heavy atom. The quantitative estimate of drug-likeness (QED) is 0.0967. The molecule has 1 unspecified atom stereocenters. The Balaban J connectivity index is 7.04. The van der Waals surface area contributed by atoms with Crippen LogP contribution in [0, 0.1) is 0 Å². The minimum atomic E-state index is -9.64. The van der Waals surface area contributed by atoms with Crippen LogP contribution in [0.3, 0.4) is 0 Å². The molecule has 0 amide bonds. The number of hydrogen-bond acceptors (Lipinski definition) is 2. The van der Waals surface area contributed by atoms with Crippen LogP contribution in [-0.4, -0.2) is 120 Å². The Hall–Kier alpha value is -1.73. The summed E-state index contributed by atoms with van der Waals surface area (Å²) in [6.07, 6.45) is -13.4. The Morgan fingerprint density at radius 1 is 0.458 bits per heavy atom. The van der Waals surface area contributed by atoms with Crippen LogP contribution in [0.5, 0.6) is 0 Å². The molecule has 0 aliphatic rings. The molecule has 0 aliphatic carbocycles. The molecule has 1 atom stereocenters. The third-order valence-corrected chi connectivity index (χ3v) is 7.26. The number of likely N-dealkylation sites (N-methyl/N-ethyl adjacent to an activating group) is 1. The van der Waals surface area contributed by atoms with Gasteiger partial charge >= 0.3 is 71.3 Å². The highest BCUT2D eigenvalue weighted by Gasteiger charge is 2.99. The second kappa shape index (κ2) is 12.2. The van der Waals surface area contributed by atoms with Crippen molar-refractivity contribution in [3.8, 4) is 0 Å². The summed E-state index contributed by atoms with van der Waals surface area (Å²) >= 11 is 0. The fourth-order valence-corrected chi connectivity index (χ4v) is 4.33. The first-order chi connectivity index (χ1) is 20.3. The predicted octanol–water partition coefficient (Wildman–Crippen LogP) is 8.55. The predicted molar refractivity (Wildman–Crippen MR) is 107 cm³/mol. The highest BCUT2D eigenvalue weighted by Crippen LogP contribution is 2.68. The van der Waals surface area contributed by atoms with E-state index in [2.05, 4.69) is 0 Å². The third kappa shape index (κ3) is 6.58. The highest BCUT2D eigenvalue weighted by molar-refractivity contribution is 7.69. The van der Waals surface area contributed by atoms with Crippen molar-refractivity contribution in [1.82, 2.24) is 0 Å². The van der Waals surface area contributed by atoms with Gasteiger partial charge in [0.2, 0.25) is 5.52 Å². The first-order valence-electron chi connectivity index (χ1n) is 11.3. The molecule has 0 saturated carbocycles. The summed E-state index contributed by atoms with van der Waals surface area (Å²) in [4.78, 5) is 21.2. The molecule has 0 aromatic carbocycles. The van der Waals surface area contributed by atoms with Gasteiger partial charge in [-0.3, -0.25) is 4.79 Å². The minimum absolute atomic E-state index is 0.448. The molecule has 29 heteroatoms. The summed E-state index contributed by atoms with van der Waals surface area (Å²) in [5, 5.41) is 0. The van der Waals surface area contributed by atoms with E-state index in [-0.39, 0.29) is 0 Å². The van der Waals surface area contributed by atoms with Crippen molar-refractivity contribution in [1.29, 1.82) is 0 Å². The van der Waals surface area contributed by atoms with Crippen LogP contribution >= 0.6 is 8.15 Å². The number of hydrogen-bond donors (Lipinski definition) is 1. The average Bonchev–Trinajstić information content (AvgIpc) is 2.84. The van der Waals surface area contributed by atoms with Crippen molar-refractivity contribution < 1.29 is 124 Å². The first kappa shape index (κ1) is 46.3. The van der Waals surface area contributed by atoms with Gasteiger partial charge in [-0.05, 0) is 0 Å². The van der Waals surface area contributed by atoms with Crippen LogP contribution in [0.2, 0.25) is 0 Å². The number of carbonyl (C=O) groups is 1. The molecule has 0 aliphatic heterocycles. The van der Waals surface area contributed by atoms with Crippen LogP contribution in [0.1, 0.15) is 6.42 Å². The molecule has 288 valence electrons. The van der Waals surface area contributed by atoms with Gasteiger partial charge in [-0.1, -0.05) is 0 Å². The summed E-state index contributed by atoms with van der Waals surface area (Å²) in [7, 11) is -0.0762. The molecule has 48 heavy (non-hydrogen) atoms. The second-order valence-electron chi connectivity index (χ2n) is 10.7. The fourth-order valence-electron chi connectivity index (χ4n) is 3.00. The summed E-state index contributed by atoms with van der Waals surface area (Å²) in [5.74, 6) is -99.1. The van der Waals surface area contributed by atoms with E-state index in [0.717, 1.165) is 0 Å². The lowest BCUT2D eigenvalue weighted by Gasteiger charge is -2.45. The van der Waals surface area contributed by atoms with E-state index in [4.69, 9.17) is 0 Å². The lowest BCUT2D eigenvalue weighted by Crippen LogP contribution is -2.78. The van der Waals surface area contributed by atoms with E-state index in [1.54, 1.807) is 0 Å². The van der Waals surface area contributed by atoms with Crippen molar-refractivity contribution in [2.24, 2.45) is 0 Å². The molecular weight excluding hydrogens is 780 g/mol. The Morgan fingerprint density at radius 3 is 0.917 bits per heavy atom. The SMILES string of the molecule is C[N+](C)(C)CC(=O)P(O)CCC(F)(F)C(F)(F)C(F)(F)C(F)(F)C(F)(F)C(F)(F)C(F)(F)C(F)(F)C(F)(F)C(F)(F)C(F)(F)C(F)(F)F. The van der Waals surface area contributed by atoms with Gasteiger partial charge < -0.3 is 9.38 Å². The molecule has 0 rings (SSSR count). The highest BCUT2D eigenvalue weighted by atomic mass is 31.1. The molecular formula is C19H16F25NO2P+. The van der Waals surface area contributed by atoms with E-state index in [1.807, 2.05) is 0 Å². The number of rotatable bonds is 16. The molecule has 3 nitrogen and oxygen atoms in total. The van der Waals surface area contributed by atoms with Crippen molar-refractivity contribution in [3.05, 3.63) is 0 Å². The zero-order chi connectivity index (χ0) is 39.8. The van der Waals surface area contributed by atoms with Gasteiger partial charge in [0, 0.05) is 12.6 Å². The van der Waals surface area contributed by atoms with Gasteiger partial charge in [0.15, 0.2) is 0 Å². The molecule has 0 bridgehead atoms. The van der Waals surface area contributed by atoms with E-state index in [9.17, 15) is 119 Å². The summed E-state index contributed by atoms with van der Waals surface area (Å²) in [6, 6.07) is 0. The molecule has 0 radical (unpaired) electrons. The van der Waals surface area contributed by atoms with Crippen molar-refractivity contribution in [3.63, 3.8) is 0 Å². The summed E-state index contributed by atoms with van der Waals surface area (Å²) in [6.45, 7) is -0.836. The molecule has 0 fully saturated rings. The fraction of sp³-hybridized carbons (Fsp3) is 0.947. The minimum Gasteiger partial charge on any atom is -0.366 e. The van der Waals surface area contributed by atoms with Crippen LogP contribution in [0.15, 0.2) is 0 Å². The van der Waals surface area contributed by atoms with Crippen LogP contribution in [0.25, 0.3) is 0 Å². The van der Waals surface area contributed by atoms with Crippen molar-refractivity contribution in [2.75, 3.05) is 33.8 Å². The number of alkyl halides is 25. The summed E-state index contributed by atoms with van der Waals surface area (Å²) in [5.41, 5.74) is -1.50. The van der Waals surface area contributed by atoms with Crippen LogP contribution in [0.4, 0.5) is 110 Å². The lowest BCUT2D eigenvalue weighted by atomic mass is 9.84. The van der Waals surface area contributed by atoms with Gasteiger partial charge in [-0.2, -0.15) is 110 Å². The average molecular weight is 796 g/mol. The Labute approximate surface area is 250 Å². The zero-order valence-corrected chi connectivity index (χ0v) is 23.7. The van der Waals surface area contributed by atoms with E-state index >= 15 is 0 Å². The molecule has 0 aromatic heterocycles. The Kier molecular flexibility index (Phi) is 11.8. The smallest absolute Gasteiger partial charge is 0.366 e. The topological polar surface area (TPSA) is 37.3 Å². The van der Waals surface area contributed by atoms with Crippen molar-refractivity contribution >= 4 is 13.7 Å². The van der Waals surface area contributed by atoms with Gasteiger partial charge in [0.05, 0.1) is 21.1 Å². The summed E-state index contributed by atoms with van der Waals surface area (Å²) < 4.78 is 336. The largest absolute Gasteiger partial charge is 0.460 e. The van der Waals surface area contributed by atoms with Crippen LogP contribution < -0.4 is 0 Å². The third-order valence-electron chi connectivity index (χ3n) is 5.90. The van der Waals surface area contributed by atoms with E-state index < -0.39 is 109 Å². The van der Waals surface area contributed by atoms with Gasteiger partial charge in [0.1, 0.15) is 14.7 Å². The van der Waals surface area contributed by atoms with Gasteiger partial charge in [-0.25, -0.2) is 0 Å². The molecule has 0 saturated heterocycles. The van der Waals surface area contributed by atoms with E-state index in [0.29, 0.717) is 0 Å². The monoisotopic (exact) mass is 796 g/mol.